The third kappa shape index (κ3) is 2.18. The van der Waals surface area contributed by atoms with Crippen LogP contribution in [0.25, 0.3) is 0 Å². The first-order valence-electron chi connectivity index (χ1n) is 6.87. The Labute approximate surface area is 103 Å². The van der Waals surface area contributed by atoms with Crippen molar-refractivity contribution in [2.75, 3.05) is 18.4 Å². The van der Waals surface area contributed by atoms with E-state index in [1.807, 2.05) is 10.9 Å². The highest BCUT2D eigenvalue weighted by atomic mass is 15.3. The van der Waals surface area contributed by atoms with E-state index >= 15 is 0 Å². The molecule has 0 radical (unpaired) electrons. The van der Waals surface area contributed by atoms with E-state index in [1.54, 1.807) is 0 Å². The second kappa shape index (κ2) is 4.69. The molecule has 2 fully saturated rings. The summed E-state index contributed by atoms with van der Waals surface area (Å²) in [5.41, 5.74) is 0. The molecule has 94 valence electrons. The molecule has 2 N–H and O–H groups in total. The number of aromatic nitrogens is 2. The minimum Gasteiger partial charge on any atom is -0.367 e. The van der Waals surface area contributed by atoms with Gasteiger partial charge in [-0.1, -0.05) is 6.42 Å². The van der Waals surface area contributed by atoms with Crippen molar-refractivity contribution in [2.24, 2.45) is 11.8 Å². The molecule has 1 saturated carbocycles. The van der Waals surface area contributed by atoms with Crippen molar-refractivity contribution in [3.63, 3.8) is 0 Å². The lowest BCUT2D eigenvalue weighted by atomic mass is 9.94. The molecule has 1 aromatic heterocycles. The third-order valence-electron chi connectivity index (χ3n) is 4.34. The molecular weight excluding hydrogens is 212 g/mol. The zero-order valence-electron chi connectivity index (χ0n) is 10.5. The fraction of sp³-hybridized carbons (Fsp3) is 0.769. The number of hydrogen-bond donors (Lipinski definition) is 2. The molecule has 1 aliphatic carbocycles. The number of nitrogens with one attached hydrogen (secondary N) is 2. The first kappa shape index (κ1) is 11.1. The molecule has 2 heterocycles. The van der Waals surface area contributed by atoms with E-state index < -0.39 is 0 Å². The van der Waals surface area contributed by atoms with Crippen LogP contribution >= 0.6 is 0 Å². The van der Waals surface area contributed by atoms with Gasteiger partial charge in [-0.05, 0) is 38.1 Å². The van der Waals surface area contributed by atoms with E-state index in [1.165, 1.54) is 25.8 Å². The highest BCUT2D eigenvalue weighted by molar-refractivity contribution is 5.32. The van der Waals surface area contributed by atoms with Gasteiger partial charge in [0.1, 0.15) is 5.82 Å². The molecule has 3 atom stereocenters. The molecule has 0 spiro atoms. The standard InChI is InChI=1S/C13H22N4/c1-2-17-7-6-13(16-17)15-9-12-11-5-3-4-10(11)8-14-12/h6-7,10-12,14H,2-5,8-9H2,1H3,(H,15,16). The molecule has 3 unspecified atom stereocenters. The van der Waals surface area contributed by atoms with Crippen molar-refractivity contribution in [1.82, 2.24) is 15.1 Å². The fourth-order valence-corrected chi connectivity index (χ4v) is 3.37. The maximum absolute atomic E-state index is 4.45. The smallest absolute Gasteiger partial charge is 0.148 e. The van der Waals surface area contributed by atoms with Crippen LogP contribution in [-0.2, 0) is 6.54 Å². The van der Waals surface area contributed by atoms with Crippen molar-refractivity contribution in [3.8, 4) is 0 Å². The van der Waals surface area contributed by atoms with Gasteiger partial charge < -0.3 is 10.6 Å². The molecule has 3 rings (SSSR count). The van der Waals surface area contributed by atoms with E-state index in [4.69, 9.17) is 0 Å². The first-order chi connectivity index (χ1) is 8.36. The predicted octanol–water partition coefficient (Wildman–Crippen LogP) is 1.70. The number of anilines is 1. The van der Waals surface area contributed by atoms with E-state index in [0.29, 0.717) is 6.04 Å². The second-order valence-electron chi connectivity index (χ2n) is 5.31. The lowest BCUT2D eigenvalue weighted by Gasteiger charge is -2.18. The van der Waals surface area contributed by atoms with Crippen molar-refractivity contribution in [2.45, 2.75) is 38.8 Å². The first-order valence-corrected chi connectivity index (χ1v) is 6.87. The number of rotatable bonds is 4. The van der Waals surface area contributed by atoms with Crippen LogP contribution in [0.3, 0.4) is 0 Å². The minimum atomic E-state index is 0.647. The van der Waals surface area contributed by atoms with Gasteiger partial charge in [-0.2, -0.15) is 5.10 Å². The summed E-state index contributed by atoms with van der Waals surface area (Å²) >= 11 is 0. The summed E-state index contributed by atoms with van der Waals surface area (Å²) in [5.74, 6) is 2.85. The quantitative estimate of drug-likeness (QED) is 0.833. The lowest BCUT2D eigenvalue weighted by Crippen LogP contribution is -2.34. The van der Waals surface area contributed by atoms with E-state index in [2.05, 4.69) is 28.7 Å². The van der Waals surface area contributed by atoms with Crippen LogP contribution in [0.4, 0.5) is 5.82 Å². The zero-order valence-corrected chi connectivity index (χ0v) is 10.5. The van der Waals surface area contributed by atoms with Crippen LogP contribution < -0.4 is 10.6 Å². The van der Waals surface area contributed by atoms with Gasteiger partial charge in [0, 0.05) is 31.4 Å². The van der Waals surface area contributed by atoms with Gasteiger partial charge in [-0.25, -0.2) is 0 Å². The monoisotopic (exact) mass is 234 g/mol. The lowest BCUT2D eigenvalue weighted by molar-refractivity contribution is 0.422. The van der Waals surface area contributed by atoms with E-state index in [-0.39, 0.29) is 0 Å². The maximum Gasteiger partial charge on any atom is 0.148 e. The normalized spacial score (nSPS) is 31.7. The third-order valence-corrected chi connectivity index (χ3v) is 4.34. The summed E-state index contributed by atoms with van der Waals surface area (Å²) < 4.78 is 1.96. The summed E-state index contributed by atoms with van der Waals surface area (Å²) in [5, 5.41) is 11.6. The Bertz CT molecular complexity index is 373. The van der Waals surface area contributed by atoms with Crippen LogP contribution in [0, 0.1) is 11.8 Å². The molecule has 1 saturated heterocycles. The number of hydrogen-bond acceptors (Lipinski definition) is 3. The largest absolute Gasteiger partial charge is 0.367 e. The van der Waals surface area contributed by atoms with E-state index in [9.17, 15) is 0 Å². The predicted molar refractivity (Wildman–Crippen MR) is 69.0 cm³/mol. The molecule has 1 aromatic rings. The van der Waals surface area contributed by atoms with Gasteiger partial charge in [0.05, 0.1) is 0 Å². The summed E-state index contributed by atoms with van der Waals surface area (Å²) in [6.45, 7) is 5.29. The average Bonchev–Trinajstić information content (AvgIpc) is 3.03. The number of nitrogens with zero attached hydrogens (tertiary/aromatic N) is 2. The number of aryl methyl sites for hydroxylation is 1. The SMILES string of the molecule is CCn1ccc(NCC2NCC3CCCC32)n1. The van der Waals surface area contributed by atoms with Crippen molar-refractivity contribution in [3.05, 3.63) is 12.3 Å². The number of fused-ring (bicyclic) bond motifs is 1. The Kier molecular flexibility index (Phi) is 3.05. The van der Waals surface area contributed by atoms with E-state index in [0.717, 1.165) is 30.7 Å². The summed E-state index contributed by atoms with van der Waals surface area (Å²) in [7, 11) is 0. The maximum atomic E-state index is 4.45. The Balaban J connectivity index is 1.54. The molecule has 2 aliphatic rings. The molecular formula is C13H22N4. The van der Waals surface area contributed by atoms with Crippen LogP contribution in [0.5, 0.6) is 0 Å². The molecule has 1 aliphatic heterocycles. The second-order valence-corrected chi connectivity index (χ2v) is 5.31. The highest BCUT2D eigenvalue weighted by Gasteiger charge is 2.38. The van der Waals surface area contributed by atoms with Crippen molar-refractivity contribution < 1.29 is 0 Å². The van der Waals surface area contributed by atoms with Crippen molar-refractivity contribution in [1.29, 1.82) is 0 Å². The molecule has 4 heteroatoms. The molecule has 17 heavy (non-hydrogen) atoms. The van der Waals surface area contributed by atoms with Crippen LogP contribution in [-0.4, -0.2) is 28.9 Å². The summed E-state index contributed by atoms with van der Waals surface area (Å²) in [6.07, 6.45) is 6.30. The molecule has 0 bridgehead atoms. The summed E-state index contributed by atoms with van der Waals surface area (Å²) in [6, 6.07) is 2.71. The Morgan fingerprint density at radius 1 is 1.53 bits per heavy atom. The Hall–Kier alpha value is -1.03. The summed E-state index contributed by atoms with van der Waals surface area (Å²) in [4.78, 5) is 0. The topological polar surface area (TPSA) is 41.9 Å². The minimum absolute atomic E-state index is 0.647. The van der Waals surface area contributed by atoms with Crippen LogP contribution in [0.1, 0.15) is 26.2 Å². The fourth-order valence-electron chi connectivity index (χ4n) is 3.37. The van der Waals surface area contributed by atoms with Crippen LogP contribution in [0.15, 0.2) is 12.3 Å². The van der Waals surface area contributed by atoms with Gasteiger partial charge in [-0.3, -0.25) is 4.68 Å². The van der Waals surface area contributed by atoms with Crippen LogP contribution in [0.2, 0.25) is 0 Å². The highest BCUT2D eigenvalue weighted by Crippen LogP contribution is 2.37. The Morgan fingerprint density at radius 3 is 3.29 bits per heavy atom. The molecule has 0 amide bonds. The van der Waals surface area contributed by atoms with Gasteiger partial charge >= 0.3 is 0 Å². The van der Waals surface area contributed by atoms with Crippen molar-refractivity contribution >= 4 is 5.82 Å². The molecule has 4 nitrogen and oxygen atoms in total. The van der Waals surface area contributed by atoms with Gasteiger partial charge in [0.2, 0.25) is 0 Å². The molecule has 0 aromatic carbocycles. The van der Waals surface area contributed by atoms with Gasteiger partial charge in [0.15, 0.2) is 0 Å². The van der Waals surface area contributed by atoms with Gasteiger partial charge in [-0.15, -0.1) is 0 Å². The average molecular weight is 234 g/mol. The van der Waals surface area contributed by atoms with Gasteiger partial charge in [0.25, 0.3) is 0 Å². The Morgan fingerprint density at radius 2 is 2.47 bits per heavy atom. The zero-order chi connectivity index (χ0) is 11.7.